The Morgan fingerprint density at radius 3 is 1.97 bits per heavy atom. The van der Waals surface area contributed by atoms with E-state index in [1.807, 2.05) is 24.3 Å². The van der Waals surface area contributed by atoms with Crippen molar-refractivity contribution >= 4 is 38.3 Å². The number of ketones is 1. The topological polar surface area (TPSA) is 30.2 Å². The summed E-state index contributed by atoms with van der Waals surface area (Å²) < 4.78 is 46.3. The van der Waals surface area contributed by atoms with Crippen molar-refractivity contribution in [2.24, 2.45) is 0 Å². The number of furan rings is 1. The lowest BCUT2D eigenvalue weighted by Crippen LogP contribution is -2.11. The molecule has 0 spiro atoms. The van der Waals surface area contributed by atoms with Gasteiger partial charge in [0.25, 0.3) is 0 Å². The van der Waals surface area contributed by atoms with Crippen LogP contribution in [0.4, 0.5) is 13.2 Å². The Labute approximate surface area is 163 Å². The molecule has 4 aromatic carbocycles. The average molecular weight is 390 g/mol. The van der Waals surface area contributed by atoms with Crippen LogP contribution in [0, 0.1) is 0 Å². The van der Waals surface area contributed by atoms with Crippen molar-refractivity contribution in [3.05, 3.63) is 95.7 Å². The Hall–Kier alpha value is -3.60. The maximum absolute atomic E-state index is 13.7. The van der Waals surface area contributed by atoms with Crippen molar-refractivity contribution < 1.29 is 22.4 Å². The fourth-order valence-corrected chi connectivity index (χ4v) is 3.68. The third-order valence-electron chi connectivity index (χ3n) is 5.05. The van der Waals surface area contributed by atoms with Crippen LogP contribution in [-0.4, -0.2) is 5.78 Å². The molecule has 0 bridgehead atoms. The summed E-state index contributed by atoms with van der Waals surface area (Å²) in [4.78, 5) is 13.2. The lowest BCUT2D eigenvalue weighted by Gasteiger charge is -2.07. The van der Waals surface area contributed by atoms with Crippen LogP contribution in [0.1, 0.15) is 21.7 Å². The van der Waals surface area contributed by atoms with Crippen LogP contribution >= 0.6 is 0 Å². The molecule has 0 radical (unpaired) electrons. The van der Waals surface area contributed by atoms with E-state index in [0.717, 1.165) is 21.5 Å². The summed E-state index contributed by atoms with van der Waals surface area (Å²) in [6, 6.07) is 22.5. The molecule has 0 aliphatic heterocycles. The molecule has 0 atom stereocenters. The average Bonchev–Trinajstić information content (AvgIpc) is 3.10. The smallest absolute Gasteiger partial charge is 0.450 e. The number of carbonyl (C=O) groups excluding carboxylic acids is 1. The fourth-order valence-electron chi connectivity index (χ4n) is 3.68. The maximum atomic E-state index is 13.7. The van der Waals surface area contributed by atoms with Crippen molar-refractivity contribution in [1.82, 2.24) is 0 Å². The summed E-state index contributed by atoms with van der Waals surface area (Å²) in [5, 5.41) is 3.33. The second-order valence-corrected chi connectivity index (χ2v) is 6.89. The van der Waals surface area contributed by atoms with Crippen LogP contribution in [0.25, 0.3) is 32.5 Å². The van der Waals surface area contributed by atoms with E-state index >= 15 is 0 Å². The lowest BCUT2D eigenvalue weighted by molar-refractivity contribution is -0.152. The molecular formula is C24H13F3O2. The van der Waals surface area contributed by atoms with Gasteiger partial charge in [-0.3, -0.25) is 4.79 Å². The number of fused-ring (bicyclic) bond motifs is 3. The molecule has 5 rings (SSSR count). The summed E-state index contributed by atoms with van der Waals surface area (Å²) >= 11 is 0. The van der Waals surface area contributed by atoms with Crippen molar-refractivity contribution in [3.8, 4) is 0 Å². The van der Waals surface area contributed by atoms with Crippen LogP contribution in [0.15, 0.2) is 83.3 Å². The predicted octanol–water partition coefficient (Wildman–Crippen LogP) is 6.99. The Morgan fingerprint density at radius 1 is 0.724 bits per heavy atom. The second-order valence-electron chi connectivity index (χ2n) is 6.89. The Morgan fingerprint density at radius 2 is 1.31 bits per heavy atom. The highest BCUT2D eigenvalue weighted by molar-refractivity contribution is 6.19. The van der Waals surface area contributed by atoms with E-state index in [2.05, 4.69) is 0 Å². The molecule has 2 nitrogen and oxygen atoms in total. The first-order valence-electron chi connectivity index (χ1n) is 8.98. The minimum atomic E-state index is -4.78. The van der Waals surface area contributed by atoms with Gasteiger partial charge < -0.3 is 4.42 Å². The monoisotopic (exact) mass is 390 g/mol. The molecule has 29 heavy (non-hydrogen) atoms. The molecule has 142 valence electrons. The maximum Gasteiger partial charge on any atom is 0.450 e. The molecule has 5 heteroatoms. The zero-order valence-electron chi connectivity index (χ0n) is 15.0. The summed E-state index contributed by atoms with van der Waals surface area (Å²) in [6.45, 7) is 0. The van der Waals surface area contributed by atoms with E-state index in [1.54, 1.807) is 48.5 Å². The van der Waals surface area contributed by atoms with Gasteiger partial charge in [0, 0.05) is 10.9 Å². The molecule has 0 aliphatic carbocycles. The largest absolute Gasteiger partial charge is 0.451 e. The first kappa shape index (κ1) is 17.5. The summed E-state index contributed by atoms with van der Waals surface area (Å²) in [5.41, 5.74) is -0.223. The summed E-state index contributed by atoms with van der Waals surface area (Å²) in [7, 11) is 0. The molecule has 5 aromatic rings. The minimum absolute atomic E-state index is 0.0418. The first-order valence-corrected chi connectivity index (χ1v) is 8.98. The molecular weight excluding hydrogens is 377 g/mol. The van der Waals surface area contributed by atoms with Crippen molar-refractivity contribution in [1.29, 1.82) is 0 Å². The number of benzene rings is 4. The molecule has 0 saturated carbocycles. The van der Waals surface area contributed by atoms with Crippen LogP contribution in [-0.2, 0) is 6.18 Å². The van der Waals surface area contributed by atoms with Crippen LogP contribution in [0.2, 0.25) is 0 Å². The number of alkyl halides is 3. The van der Waals surface area contributed by atoms with Gasteiger partial charge in [-0.15, -0.1) is 0 Å². The third-order valence-corrected chi connectivity index (χ3v) is 5.05. The van der Waals surface area contributed by atoms with E-state index in [4.69, 9.17) is 4.42 Å². The van der Waals surface area contributed by atoms with Crippen molar-refractivity contribution in [2.45, 2.75) is 6.18 Å². The number of hydrogen-bond donors (Lipinski definition) is 0. The number of hydrogen-bond acceptors (Lipinski definition) is 2. The van der Waals surface area contributed by atoms with Crippen LogP contribution in [0.3, 0.4) is 0 Å². The van der Waals surface area contributed by atoms with Gasteiger partial charge in [0.2, 0.25) is 5.76 Å². The van der Waals surface area contributed by atoms with Gasteiger partial charge in [0.15, 0.2) is 5.78 Å². The van der Waals surface area contributed by atoms with Gasteiger partial charge in [-0.2, -0.15) is 13.2 Å². The van der Waals surface area contributed by atoms with E-state index in [0.29, 0.717) is 0 Å². The van der Waals surface area contributed by atoms with Gasteiger partial charge in [-0.1, -0.05) is 60.7 Å². The number of halogens is 3. The van der Waals surface area contributed by atoms with Gasteiger partial charge >= 0.3 is 6.18 Å². The minimum Gasteiger partial charge on any atom is -0.451 e. The van der Waals surface area contributed by atoms with E-state index in [-0.39, 0.29) is 16.5 Å². The standard InChI is InChI=1S/C24H13F3O2/c25-24(26,27)23-21(19-12-16-7-3-4-8-17(16)13-20(19)29-23)22(28)18-10-9-14-5-1-2-6-15(14)11-18/h1-13H. The van der Waals surface area contributed by atoms with Gasteiger partial charge in [-0.25, -0.2) is 0 Å². The van der Waals surface area contributed by atoms with Crippen molar-refractivity contribution in [3.63, 3.8) is 0 Å². The zero-order chi connectivity index (χ0) is 20.2. The van der Waals surface area contributed by atoms with E-state index in [9.17, 15) is 18.0 Å². The quantitative estimate of drug-likeness (QED) is 0.304. The zero-order valence-corrected chi connectivity index (χ0v) is 15.0. The Bertz CT molecular complexity index is 1410. The molecule has 0 aliphatic rings. The summed E-state index contributed by atoms with van der Waals surface area (Å²) in [6.07, 6.45) is -4.78. The predicted molar refractivity (Wildman–Crippen MR) is 106 cm³/mol. The Kier molecular flexibility index (Phi) is 3.74. The van der Waals surface area contributed by atoms with Crippen LogP contribution in [0.5, 0.6) is 0 Å². The highest BCUT2D eigenvalue weighted by atomic mass is 19.4. The molecule has 1 aromatic heterocycles. The molecule has 0 N–H and O–H groups in total. The van der Waals surface area contributed by atoms with Crippen LogP contribution < -0.4 is 0 Å². The highest BCUT2D eigenvalue weighted by Crippen LogP contribution is 2.40. The fraction of sp³-hybridized carbons (Fsp3) is 0.0417. The molecule has 0 unspecified atom stereocenters. The molecule has 0 saturated heterocycles. The normalized spacial score (nSPS) is 12.1. The van der Waals surface area contributed by atoms with E-state index < -0.39 is 23.3 Å². The number of rotatable bonds is 2. The first-order chi connectivity index (χ1) is 13.9. The van der Waals surface area contributed by atoms with E-state index in [1.165, 1.54) is 6.07 Å². The SMILES string of the molecule is O=C(c1ccc2ccccc2c1)c1c(C(F)(F)F)oc2cc3ccccc3cc12. The molecule has 1 heterocycles. The number of carbonyl (C=O) groups is 1. The van der Waals surface area contributed by atoms with Crippen molar-refractivity contribution in [2.75, 3.05) is 0 Å². The highest BCUT2D eigenvalue weighted by Gasteiger charge is 2.41. The molecule has 0 fully saturated rings. The summed E-state index contributed by atoms with van der Waals surface area (Å²) in [5.74, 6) is -1.97. The molecule has 0 amide bonds. The van der Waals surface area contributed by atoms with Gasteiger partial charge in [0.1, 0.15) is 5.58 Å². The van der Waals surface area contributed by atoms with Gasteiger partial charge in [-0.05, 0) is 39.7 Å². The van der Waals surface area contributed by atoms with Gasteiger partial charge in [0.05, 0.1) is 5.56 Å². The third kappa shape index (κ3) is 2.86. The Balaban J connectivity index is 1.78. The second kappa shape index (κ2) is 6.21. The lowest BCUT2D eigenvalue weighted by atomic mass is 9.96.